The Morgan fingerprint density at radius 1 is 1.22 bits per heavy atom. The minimum Gasteiger partial charge on any atom is -0.449 e. The van der Waals surface area contributed by atoms with Crippen molar-refractivity contribution >= 4 is 32.8 Å². The van der Waals surface area contributed by atoms with E-state index in [1.54, 1.807) is 31.2 Å². The first-order valence-electron chi connectivity index (χ1n) is 8.61. The van der Waals surface area contributed by atoms with Gasteiger partial charge in [-0.1, -0.05) is 18.2 Å². The number of benzene rings is 2. The van der Waals surface area contributed by atoms with Crippen molar-refractivity contribution in [2.24, 2.45) is 0 Å². The molecule has 1 aliphatic rings. The molecule has 0 radical (unpaired) electrons. The predicted octanol–water partition coefficient (Wildman–Crippen LogP) is 3.29. The lowest BCUT2D eigenvalue weighted by Crippen LogP contribution is -2.25. The average molecular weight is 386 g/mol. The molecule has 2 aromatic carbocycles. The summed E-state index contributed by atoms with van der Waals surface area (Å²) in [5, 5.41) is 0. The molecule has 1 unspecified atom stereocenters. The molecule has 1 atom stereocenters. The van der Waals surface area contributed by atoms with Crippen LogP contribution in [0, 0.1) is 0 Å². The molecule has 0 spiro atoms. The van der Waals surface area contributed by atoms with Gasteiger partial charge in [-0.15, -0.1) is 0 Å². The zero-order valence-corrected chi connectivity index (χ0v) is 15.5. The molecule has 0 aliphatic carbocycles. The van der Waals surface area contributed by atoms with Crippen LogP contribution in [0.4, 0.5) is 5.69 Å². The normalized spacial score (nSPS) is 17.1. The minimum absolute atomic E-state index is 0.121. The molecule has 1 aliphatic heterocycles. The van der Waals surface area contributed by atoms with E-state index in [1.165, 1.54) is 10.4 Å². The van der Waals surface area contributed by atoms with E-state index in [1.807, 2.05) is 18.2 Å². The largest absolute Gasteiger partial charge is 0.449 e. The number of oxazole rings is 1. The summed E-state index contributed by atoms with van der Waals surface area (Å²) in [6, 6.07) is 13.7. The van der Waals surface area contributed by atoms with Crippen molar-refractivity contribution in [3.8, 4) is 0 Å². The number of hydrogen-bond acceptors (Lipinski definition) is 6. The second-order valence-electron chi connectivity index (χ2n) is 6.36. The quantitative estimate of drug-likeness (QED) is 0.639. The number of aromatic nitrogens is 1. The third kappa shape index (κ3) is 3.40. The molecule has 0 N–H and O–H groups in total. The summed E-state index contributed by atoms with van der Waals surface area (Å²) in [4.78, 5) is 16.8. The fraction of sp³-hybridized carbons (Fsp3) is 0.263. The van der Waals surface area contributed by atoms with Gasteiger partial charge in [-0.25, -0.2) is 18.2 Å². The maximum absolute atomic E-state index is 12.5. The molecule has 0 amide bonds. The van der Waals surface area contributed by atoms with Gasteiger partial charge in [-0.05, 0) is 43.7 Å². The number of fused-ring (bicyclic) bond motifs is 1. The topological polar surface area (TPSA) is 89.7 Å². The lowest BCUT2D eigenvalue weighted by molar-refractivity contribution is 0.0282. The maximum atomic E-state index is 12.5. The van der Waals surface area contributed by atoms with Crippen molar-refractivity contribution in [3.63, 3.8) is 0 Å². The molecule has 140 valence electrons. The van der Waals surface area contributed by atoms with Crippen molar-refractivity contribution in [1.82, 2.24) is 4.98 Å². The predicted molar refractivity (Wildman–Crippen MR) is 100 cm³/mol. The highest BCUT2D eigenvalue weighted by Gasteiger charge is 2.29. The number of nitrogens with zero attached hydrogens (tertiary/aromatic N) is 2. The van der Waals surface area contributed by atoms with Crippen molar-refractivity contribution in [2.45, 2.75) is 19.4 Å². The number of carbonyl (C=O) groups excluding carboxylic acids is 1. The summed E-state index contributed by atoms with van der Waals surface area (Å²) in [6.45, 7) is 2.09. The van der Waals surface area contributed by atoms with Gasteiger partial charge >= 0.3 is 5.97 Å². The summed E-state index contributed by atoms with van der Waals surface area (Å²) >= 11 is 0. The summed E-state index contributed by atoms with van der Waals surface area (Å²) in [5.74, 6) is -0.137. The number of sulfonamides is 1. The van der Waals surface area contributed by atoms with Gasteiger partial charge < -0.3 is 9.15 Å². The molecule has 2 heterocycles. The zero-order valence-electron chi connectivity index (χ0n) is 14.7. The maximum Gasteiger partial charge on any atom is 0.338 e. The second-order valence-corrected chi connectivity index (χ2v) is 8.37. The molecule has 27 heavy (non-hydrogen) atoms. The second kappa shape index (κ2) is 6.70. The van der Waals surface area contributed by atoms with Crippen LogP contribution in [0.15, 0.2) is 52.9 Å². The van der Waals surface area contributed by atoms with Gasteiger partial charge in [-0.2, -0.15) is 0 Å². The SMILES string of the molecule is CC(OC(=O)c1cccc(N2CCCS2(=O)=O)c1)c1nc2ccccc2o1. The van der Waals surface area contributed by atoms with E-state index in [2.05, 4.69) is 4.98 Å². The third-order valence-corrected chi connectivity index (χ3v) is 6.28. The summed E-state index contributed by atoms with van der Waals surface area (Å²) in [7, 11) is -3.31. The fourth-order valence-corrected chi connectivity index (χ4v) is 4.62. The number of hydrogen-bond donors (Lipinski definition) is 0. The molecule has 1 saturated heterocycles. The number of ether oxygens (including phenoxy) is 1. The van der Waals surface area contributed by atoms with E-state index in [0.29, 0.717) is 35.6 Å². The first-order chi connectivity index (χ1) is 12.9. The number of rotatable bonds is 4. The van der Waals surface area contributed by atoms with Gasteiger partial charge in [-0.3, -0.25) is 4.31 Å². The first-order valence-corrected chi connectivity index (χ1v) is 10.2. The standard InChI is InChI=1S/C19H18N2O5S/c1-13(18-20-16-8-2-3-9-17(16)26-18)25-19(22)14-6-4-7-15(12-14)21-10-5-11-27(21,23)24/h2-4,6-9,12-13H,5,10-11H2,1H3. The Bertz CT molecular complexity index is 1070. The highest BCUT2D eigenvalue weighted by Crippen LogP contribution is 2.27. The highest BCUT2D eigenvalue weighted by molar-refractivity contribution is 7.93. The average Bonchev–Trinajstić information content (AvgIpc) is 3.24. The molecule has 3 aromatic rings. The van der Waals surface area contributed by atoms with Gasteiger partial charge in [0.15, 0.2) is 11.7 Å². The van der Waals surface area contributed by atoms with Crippen LogP contribution in [0.25, 0.3) is 11.1 Å². The van der Waals surface area contributed by atoms with E-state index in [-0.39, 0.29) is 11.3 Å². The van der Waals surface area contributed by atoms with Crippen LogP contribution in [-0.4, -0.2) is 31.7 Å². The molecule has 0 saturated carbocycles. The summed E-state index contributed by atoms with van der Waals surface area (Å²) < 4.78 is 36.6. The van der Waals surface area contributed by atoms with Gasteiger partial charge in [0, 0.05) is 6.54 Å². The Kier molecular flexibility index (Phi) is 4.35. The first kappa shape index (κ1) is 17.5. The lowest BCUT2D eigenvalue weighted by Gasteiger charge is -2.17. The summed E-state index contributed by atoms with van der Waals surface area (Å²) in [5.41, 5.74) is 2.06. The Labute approximate surface area is 156 Å². The van der Waals surface area contributed by atoms with Gasteiger partial charge in [0.2, 0.25) is 15.9 Å². The molecule has 4 rings (SSSR count). The molecule has 1 fully saturated rings. The van der Waals surface area contributed by atoms with Gasteiger partial charge in [0.25, 0.3) is 0 Å². The molecule has 0 bridgehead atoms. The third-order valence-electron chi connectivity index (χ3n) is 4.41. The lowest BCUT2D eigenvalue weighted by atomic mass is 10.2. The molecule has 1 aromatic heterocycles. The van der Waals surface area contributed by atoms with Gasteiger partial charge in [0.1, 0.15) is 5.52 Å². The van der Waals surface area contributed by atoms with Crippen molar-refractivity contribution in [1.29, 1.82) is 0 Å². The monoisotopic (exact) mass is 386 g/mol. The Hall–Kier alpha value is -2.87. The molecule has 8 heteroatoms. The van der Waals surface area contributed by atoms with Crippen molar-refractivity contribution in [2.75, 3.05) is 16.6 Å². The van der Waals surface area contributed by atoms with Gasteiger partial charge in [0.05, 0.1) is 17.0 Å². The van der Waals surface area contributed by atoms with E-state index < -0.39 is 22.1 Å². The molecular formula is C19H18N2O5S. The minimum atomic E-state index is -3.31. The highest BCUT2D eigenvalue weighted by atomic mass is 32.2. The Morgan fingerprint density at radius 3 is 2.78 bits per heavy atom. The number of esters is 1. The molecule has 7 nitrogen and oxygen atoms in total. The van der Waals surface area contributed by atoms with Crippen LogP contribution in [0.2, 0.25) is 0 Å². The van der Waals surface area contributed by atoms with Crippen LogP contribution in [0.1, 0.15) is 35.7 Å². The summed E-state index contributed by atoms with van der Waals surface area (Å²) in [6.07, 6.45) is -0.102. The smallest absolute Gasteiger partial charge is 0.338 e. The van der Waals surface area contributed by atoms with Crippen LogP contribution in [0.3, 0.4) is 0 Å². The van der Waals surface area contributed by atoms with Crippen LogP contribution >= 0.6 is 0 Å². The van der Waals surface area contributed by atoms with Crippen molar-refractivity contribution < 1.29 is 22.4 Å². The van der Waals surface area contributed by atoms with E-state index >= 15 is 0 Å². The van der Waals surface area contributed by atoms with Crippen LogP contribution in [0.5, 0.6) is 0 Å². The van der Waals surface area contributed by atoms with E-state index in [9.17, 15) is 13.2 Å². The number of para-hydroxylation sites is 2. The van der Waals surface area contributed by atoms with Crippen LogP contribution in [-0.2, 0) is 14.8 Å². The van der Waals surface area contributed by atoms with E-state index in [0.717, 1.165) is 0 Å². The Morgan fingerprint density at radius 2 is 2.04 bits per heavy atom. The zero-order chi connectivity index (χ0) is 19.0. The fourth-order valence-electron chi connectivity index (χ4n) is 3.06. The van der Waals surface area contributed by atoms with Crippen LogP contribution < -0.4 is 4.31 Å². The number of carbonyl (C=O) groups is 1. The van der Waals surface area contributed by atoms with E-state index in [4.69, 9.17) is 9.15 Å². The Balaban J connectivity index is 1.53. The number of anilines is 1. The van der Waals surface area contributed by atoms with Crippen molar-refractivity contribution in [3.05, 3.63) is 60.0 Å². The molecular weight excluding hydrogens is 368 g/mol.